The molecule has 0 aliphatic heterocycles. The van der Waals surface area contributed by atoms with Gasteiger partial charge in [0, 0.05) is 22.6 Å². The minimum Gasteiger partial charge on any atom is -0.382 e. The van der Waals surface area contributed by atoms with Crippen molar-refractivity contribution in [3.05, 3.63) is 27.1 Å². The van der Waals surface area contributed by atoms with Crippen LogP contribution in [0.4, 0.5) is 0 Å². The maximum atomic E-state index is 12.0. The van der Waals surface area contributed by atoms with Crippen LogP contribution >= 0.6 is 31.9 Å². The second kappa shape index (κ2) is 8.33. The summed E-state index contributed by atoms with van der Waals surface area (Å²) in [4.78, 5) is 0.201. The zero-order valence-electron chi connectivity index (χ0n) is 10.4. The summed E-state index contributed by atoms with van der Waals surface area (Å²) >= 11 is 6.50. The Balaban J connectivity index is 2.52. The second-order valence-electron chi connectivity index (χ2n) is 3.58. The molecular weight excluding hydrogens is 402 g/mol. The van der Waals surface area contributed by atoms with Crippen molar-refractivity contribution in [1.29, 1.82) is 0 Å². The number of hydrogen-bond acceptors (Lipinski definition) is 4. The van der Waals surface area contributed by atoms with E-state index in [1.165, 1.54) is 6.07 Å². The Kier molecular flexibility index (Phi) is 7.48. The van der Waals surface area contributed by atoms with Crippen molar-refractivity contribution in [2.45, 2.75) is 4.90 Å². The molecule has 0 unspecified atom stereocenters. The Bertz CT molecular complexity index is 507. The third kappa shape index (κ3) is 5.88. The summed E-state index contributed by atoms with van der Waals surface area (Å²) in [5.74, 6) is 0. The molecule has 1 N–H and O–H groups in total. The van der Waals surface area contributed by atoms with Gasteiger partial charge in [-0.3, -0.25) is 0 Å². The van der Waals surface area contributed by atoms with E-state index < -0.39 is 10.0 Å². The number of nitrogens with one attached hydrogen (secondary N) is 1. The van der Waals surface area contributed by atoms with Crippen LogP contribution in [0.15, 0.2) is 32.0 Å². The molecule has 5 nitrogen and oxygen atoms in total. The maximum Gasteiger partial charge on any atom is 0.241 e. The van der Waals surface area contributed by atoms with Gasteiger partial charge in [-0.1, -0.05) is 15.9 Å². The molecule has 19 heavy (non-hydrogen) atoms. The fourth-order valence-corrected chi connectivity index (χ4v) is 4.02. The van der Waals surface area contributed by atoms with Crippen molar-refractivity contribution in [3.8, 4) is 0 Å². The van der Waals surface area contributed by atoms with Crippen LogP contribution in [0, 0.1) is 0 Å². The molecule has 0 saturated carbocycles. The van der Waals surface area contributed by atoms with Crippen molar-refractivity contribution >= 4 is 41.9 Å². The van der Waals surface area contributed by atoms with E-state index in [0.717, 1.165) is 4.47 Å². The monoisotopic (exact) mass is 415 g/mol. The highest BCUT2D eigenvalue weighted by Crippen LogP contribution is 2.25. The number of halogens is 2. The molecule has 0 fully saturated rings. The van der Waals surface area contributed by atoms with Gasteiger partial charge >= 0.3 is 0 Å². The Hall–Kier alpha value is 0.01000. The van der Waals surface area contributed by atoms with Crippen LogP contribution in [0.2, 0.25) is 0 Å². The fourth-order valence-electron chi connectivity index (χ4n) is 1.26. The molecule has 0 bridgehead atoms. The largest absolute Gasteiger partial charge is 0.382 e. The molecular formula is C11H15Br2NO4S. The lowest BCUT2D eigenvalue weighted by molar-refractivity contribution is 0.0736. The average Bonchev–Trinajstić information content (AvgIpc) is 2.33. The van der Waals surface area contributed by atoms with Gasteiger partial charge in [-0.2, -0.15) is 0 Å². The van der Waals surface area contributed by atoms with Crippen LogP contribution < -0.4 is 4.72 Å². The van der Waals surface area contributed by atoms with E-state index in [1.54, 1.807) is 19.2 Å². The zero-order valence-corrected chi connectivity index (χ0v) is 14.3. The van der Waals surface area contributed by atoms with Crippen molar-refractivity contribution in [2.75, 3.05) is 33.5 Å². The first-order valence-corrected chi connectivity index (χ1v) is 8.55. The highest BCUT2D eigenvalue weighted by molar-refractivity contribution is 9.11. The lowest BCUT2D eigenvalue weighted by Gasteiger charge is -2.09. The Morgan fingerprint density at radius 1 is 1.21 bits per heavy atom. The molecule has 0 heterocycles. The molecule has 0 atom stereocenters. The number of hydrogen-bond donors (Lipinski definition) is 1. The second-order valence-corrected chi connectivity index (χ2v) is 7.08. The number of rotatable bonds is 8. The predicted octanol–water partition coefficient (Wildman–Crippen LogP) is 2.15. The molecule has 8 heteroatoms. The summed E-state index contributed by atoms with van der Waals surface area (Å²) in [6.07, 6.45) is 0. The van der Waals surface area contributed by atoms with Gasteiger partial charge in [0.05, 0.1) is 24.7 Å². The van der Waals surface area contributed by atoms with E-state index in [2.05, 4.69) is 36.6 Å². The summed E-state index contributed by atoms with van der Waals surface area (Å²) in [5, 5.41) is 0. The molecule has 0 aliphatic rings. The van der Waals surface area contributed by atoms with E-state index in [4.69, 9.17) is 9.47 Å². The van der Waals surface area contributed by atoms with Crippen molar-refractivity contribution in [1.82, 2.24) is 4.72 Å². The maximum absolute atomic E-state index is 12.0. The first-order valence-electron chi connectivity index (χ1n) is 5.49. The van der Waals surface area contributed by atoms with E-state index in [9.17, 15) is 8.42 Å². The number of ether oxygens (including phenoxy) is 2. The molecule has 0 radical (unpaired) electrons. The first kappa shape index (κ1) is 17.1. The normalized spacial score (nSPS) is 11.7. The number of sulfonamides is 1. The first-order chi connectivity index (χ1) is 8.97. The van der Waals surface area contributed by atoms with Gasteiger partial charge < -0.3 is 9.47 Å². The van der Waals surface area contributed by atoms with Gasteiger partial charge in [0.1, 0.15) is 0 Å². The summed E-state index contributed by atoms with van der Waals surface area (Å²) in [7, 11) is -1.95. The van der Waals surface area contributed by atoms with Gasteiger partial charge in [0.2, 0.25) is 10.0 Å². The summed E-state index contributed by atoms with van der Waals surface area (Å²) < 4.78 is 37.8. The van der Waals surface area contributed by atoms with E-state index in [0.29, 0.717) is 24.3 Å². The SMILES string of the molecule is COCCOCCNS(=O)(=O)c1ccc(Br)cc1Br. The third-order valence-corrected chi connectivity index (χ3v) is 5.08. The number of methoxy groups -OCH3 is 1. The Morgan fingerprint density at radius 2 is 1.95 bits per heavy atom. The van der Waals surface area contributed by atoms with E-state index in [1.807, 2.05) is 0 Å². The Labute approximate surface area is 130 Å². The molecule has 0 spiro atoms. The molecule has 0 aliphatic carbocycles. The molecule has 108 valence electrons. The summed E-state index contributed by atoms with van der Waals surface area (Å²) in [5.41, 5.74) is 0. The summed E-state index contributed by atoms with van der Waals surface area (Å²) in [6, 6.07) is 4.89. The summed E-state index contributed by atoms with van der Waals surface area (Å²) in [6.45, 7) is 1.45. The molecule has 1 rings (SSSR count). The van der Waals surface area contributed by atoms with Gasteiger partial charge in [-0.15, -0.1) is 0 Å². The van der Waals surface area contributed by atoms with Crippen molar-refractivity contribution < 1.29 is 17.9 Å². The molecule has 0 saturated heterocycles. The smallest absolute Gasteiger partial charge is 0.241 e. The molecule has 1 aromatic rings. The van der Waals surface area contributed by atoms with E-state index in [-0.39, 0.29) is 11.4 Å². The van der Waals surface area contributed by atoms with Gasteiger partial charge in [0.15, 0.2) is 0 Å². The third-order valence-electron chi connectivity index (χ3n) is 2.15. The number of benzene rings is 1. The topological polar surface area (TPSA) is 64.6 Å². The van der Waals surface area contributed by atoms with Crippen LogP contribution in [0.5, 0.6) is 0 Å². The molecule has 0 amide bonds. The van der Waals surface area contributed by atoms with Gasteiger partial charge in [-0.25, -0.2) is 13.1 Å². The molecule has 1 aromatic carbocycles. The van der Waals surface area contributed by atoms with Crippen LogP contribution in [-0.2, 0) is 19.5 Å². The lowest BCUT2D eigenvalue weighted by Crippen LogP contribution is -2.28. The van der Waals surface area contributed by atoms with Crippen LogP contribution in [0.3, 0.4) is 0 Å². The van der Waals surface area contributed by atoms with E-state index >= 15 is 0 Å². The molecule has 0 aromatic heterocycles. The van der Waals surface area contributed by atoms with Crippen molar-refractivity contribution in [2.24, 2.45) is 0 Å². The van der Waals surface area contributed by atoms with Crippen LogP contribution in [0.1, 0.15) is 0 Å². The minimum absolute atomic E-state index is 0.201. The highest BCUT2D eigenvalue weighted by Gasteiger charge is 2.16. The van der Waals surface area contributed by atoms with Crippen LogP contribution in [-0.4, -0.2) is 41.9 Å². The van der Waals surface area contributed by atoms with Crippen LogP contribution in [0.25, 0.3) is 0 Å². The van der Waals surface area contributed by atoms with Gasteiger partial charge in [-0.05, 0) is 34.1 Å². The zero-order chi connectivity index (χ0) is 14.3. The lowest BCUT2D eigenvalue weighted by atomic mass is 10.4. The quantitative estimate of drug-likeness (QED) is 0.659. The van der Waals surface area contributed by atoms with Crippen molar-refractivity contribution in [3.63, 3.8) is 0 Å². The van der Waals surface area contributed by atoms with Gasteiger partial charge in [0.25, 0.3) is 0 Å². The fraction of sp³-hybridized carbons (Fsp3) is 0.455. The predicted molar refractivity (Wildman–Crippen MR) is 79.7 cm³/mol. The standard InChI is InChI=1S/C11H15Br2NO4S/c1-17-6-7-18-5-4-14-19(15,16)11-3-2-9(12)8-10(11)13/h2-3,8,14H,4-7H2,1H3. The average molecular weight is 417 g/mol. The minimum atomic E-state index is -3.53. The highest BCUT2D eigenvalue weighted by atomic mass is 79.9. The Morgan fingerprint density at radius 3 is 2.58 bits per heavy atom.